The fourth-order valence-electron chi connectivity index (χ4n) is 2.49. The van der Waals surface area contributed by atoms with Crippen molar-refractivity contribution in [2.45, 2.75) is 51.2 Å². The Morgan fingerprint density at radius 3 is 2.53 bits per heavy atom. The van der Waals surface area contributed by atoms with Crippen LogP contribution in [0.25, 0.3) is 0 Å². The highest BCUT2D eigenvalue weighted by Crippen LogP contribution is 2.17. The highest BCUT2D eigenvalue weighted by atomic mass is 16.3. The summed E-state index contributed by atoms with van der Waals surface area (Å²) in [5, 5.41) is 22.9. The third-order valence-electron chi connectivity index (χ3n) is 3.89. The average molecular weight is 244 g/mol. The Labute approximate surface area is 105 Å². The molecule has 0 aromatic heterocycles. The zero-order valence-corrected chi connectivity index (χ0v) is 11.3. The molecule has 0 bridgehead atoms. The highest BCUT2D eigenvalue weighted by molar-refractivity contribution is 4.84. The number of rotatable bonds is 8. The van der Waals surface area contributed by atoms with E-state index in [1.54, 1.807) is 0 Å². The molecule has 1 saturated heterocycles. The van der Waals surface area contributed by atoms with Gasteiger partial charge in [-0.2, -0.15) is 0 Å². The summed E-state index contributed by atoms with van der Waals surface area (Å²) < 4.78 is 0. The fourth-order valence-corrected chi connectivity index (χ4v) is 2.49. The molecule has 1 heterocycles. The van der Waals surface area contributed by atoms with Crippen LogP contribution in [-0.4, -0.2) is 59.5 Å². The molecule has 1 aliphatic heterocycles. The van der Waals surface area contributed by atoms with Crippen molar-refractivity contribution in [2.75, 3.05) is 32.8 Å². The van der Waals surface area contributed by atoms with Crippen LogP contribution in [0.15, 0.2) is 0 Å². The summed E-state index contributed by atoms with van der Waals surface area (Å²) in [7, 11) is 0. The van der Waals surface area contributed by atoms with E-state index in [0.29, 0.717) is 19.1 Å². The van der Waals surface area contributed by atoms with Gasteiger partial charge in [-0.05, 0) is 32.2 Å². The Morgan fingerprint density at radius 2 is 2.06 bits per heavy atom. The summed E-state index contributed by atoms with van der Waals surface area (Å²) in [6, 6.07) is 0.527. The first-order chi connectivity index (χ1) is 8.13. The molecule has 4 nitrogen and oxygen atoms in total. The quantitative estimate of drug-likeness (QED) is 0.585. The van der Waals surface area contributed by atoms with Gasteiger partial charge in [0.1, 0.15) is 0 Å². The van der Waals surface area contributed by atoms with E-state index in [1.807, 2.05) is 13.8 Å². The molecule has 1 fully saturated rings. The van der Waals surface area contributed by atoms with E-state index in [4.69, 9.17) is 5.11 Å². The van der Waals surface area contributed by atoms with E-state index >= 15 is 0 Å². The van der Waals surface area contributed by atoms with Crippen LogP contribution in [0, 0.1) is 0 Å². The number of nitrogens with one attached hydrogen (secondary N) is 1. The van der Waals surface area contributed by atoms with Crippen molar-refractivity contribution in [3.8, 4) is 0 Å². The Hall–Kier alpha value is -0.160. The Balaban J connectivity index is 2.46. The van der Waals surface area contributed by atoms with Crippen molar-refractivity contribution < 1.29 is 10.2 Å². The number of aliphatic hydroxyl groups excluding tert-OH is 1. The maximum absolute atomic E-state index is 10.4. The topological polar surface area (TPSA) is 55.7 Å². The van der Waals surface area contributed by atoms with Gasteiger partial charge in [0.25, 0.3) is 0 Å². The van der Waals surface area contributed by atoms with Crippen molar-refractivity contribution in [3.63, 3.8) is 0 Å². The lowest BCUT2D eigenvalue weighted by atomic mass is 9.96. The third kappa shape index (κ3) is 4.92. The van der Waals surface area contributed by atoms with E-state index in [-0.39, 0.29) is 6.61 Å². The van der Waals surface area contributed by atoms with E-state index < -0.39 is 5.60 Å². The summed E-state index contributed by atoms with van der Waals surface area (Å²) in [5.74, 6) is 0. The van der Waals surface area contributed by atoms with Gasteiger partial charge in [0, 0.05) is 25.7 Å². The maximum atomic E-state index is 10.4. The van der Waals surface area contributed by atoms with Crippen molar-refractivity contribution in [2.24, 2.45) is 0 Å². The Kier molecular flexibility index (Phi) is 6.41. The van der Waals surface area contributed by atoms with Crippen LogP contribution in [-0.2, 0) is 0 Å². The summed E-state index contributed by atoms with van der Waals surface area (Å²) in [5.41, 5.74) is -0.603. The van der Waals surface area contributed by atoms with Gasteiger partial charge in [0.15, 0.2) is 0 Å². The minimum atomic E-state index is -0.603. The lowest BCUT2D eigenvalue weighted by molar-refractivity contribution is -0.00848. The first-order valence-corrected chi connectivity index (χ1v) is 6.92. The molecule has 0 aromatic rings. The van der Waals surface area contributed by atoms with Crippen LogP contribution >= 0.6 is 0 Å². The van der Waals surface area contributed by atoms with Crippen molar-refractivity contribution >= 4 is 0 Å². The molecule has 17 heavy (non-hydrogen) atoms. The number of aliphatic hydroxyl groups is 2. The second-order valence-electron chi connectivity index (χ2n) is 5.18. The molecule has 1 atom stereocenters. The number of nitrogens with zero attached hydrogens (tertiary/aromatic N) is 1. The van der Waals surface area contributed by atoms with Crippen LogP contribution < -0.4 is 5.32 Å². The number of hydrogen-bond donors (Lipinski definition) is 3. The lowest BCUT2D eigenvalue weighted by Crippen LogP contribution is -2.47. The molecule has 0 amide bonds. The van der Waals surface area contributed by atoms with Gasteiger partial charge >= 0.3 is 0 Å². The molecule has 1 rings (SSSR count). The predicted molar refractivity (Wildman–Crippen MR) is 70.1 cm³/mol. The standard InChI is InChI=1S/C13H28N2O2/c1-3-13(17,4-2)11-15(8-9-16)10-12-6-5-7-14-12/h12,14,16-17H,3-11H2,1-2H3. The van der Waals surface area contributed by atoms with Gasteiger partial charge in [-0.1, -0.05) is 13.8 Å². The molecule has 0 saturated carbocycles. The first-order valence-electron chi connectivity index (χ1n) is 6.92. The highest BCUT2D eigenvalue weighted by Gasteiger charge is 2.27. The van der Waals surface area contributed by atoms with E-state index in [9.17, 15) is 5.11 Å². The molecule has 0 aromatic carbocycles. The second kappa shape index (κ2) is 7.31. The normalized spacial score (nSPS) is 21.4. The minimum absolute atomic E-state index is 0.163. The molecule has 1 aliphatic rings. The lowest BCUT2D eigenvalue weighted by Gasteiger charge is -2.34. The van der Waals surface area contributed by atoms with Crippen LogP contribution in [0.4, 0.5) is 0 Å². The minimum Gasteiger partial charge on any atom is -0.395 e. The van der Waals surface area contributed by atoms with Gasteiger partial charge in [0.05, 0.1) is 12.2 Å². The van der Waals surface area contributed by atoms with Gasteiger partial charge in [0.2, 0.25) is 0 Å². The summed E-state index contributed by atoms with van der Waals surface area (Å²) in [6.45, 7) is 7.56. The zero-order chi connectivity index (χ0) is 12.7. The number of hydrogen-bond acceptors (Lipinski definition) is 4. The summed E-state index contributed by atoms with van der Waals surface area (Å²) in [6.07, 6.45) is 3.98. The van der Waals surface area contributed by atoms with E-state index in [0.717, 1.165) is 25.9 Å². The zero-order valence-electron chi connectivity index (χ0n) is 11.3. The predicted octanol–water partition coefficient (Wildman–Crippen LogP) is 0.584. The van der Waals surface area contributed by atoms with Crippen LogP contribution in [0.5, 0.6) is 0 Å². The fraction of sp³-hybridized carbons (Fsp3) is 1.00. The van der Waals surface area contributed by atoms with Gasteiger partial charge in [-0.25, -0.2) is 0 Å². The maximum Gasteiger partial charge on any atom is 0.0768 e. The van der Waals surface area contributed by atoms with Crippen molar-refractivity contribution in [1.82, 2.24) is 10.2 Å². The second-order valence-corrected chi connectivity index (χ2v) is 5.18. The first kappa shape index (κ1) is 14.9. The molecule has 1 unspecified atom stereocenters. The van der Waals surface area contributed by atoms with Gasteiger partial charge in [-0.3, -0.25) is 4.90 Å². The molecule has 3 N–H and O–H groups in total. The molecule has 0 aliphatic carbocycles. The molecular weight excluding hydrogens is 216 g/mol. The molecule has 102 valence electrons. The average Bonchev–Trinajstić information content (AvgIpc) is 2.82. The van der Waals surface area contributed by atoms with E-state index in [1.165, 1.54) is 12.8 Å². The molecule has 4 heteroatoms. The van der Waals surface area contributed by atoms with Crippen LogP contribution in [0.3, 0.4) is 0 Å². The summed E-state index contributed by atoms with van der Waals surface area (Å²) in [4.78, 5) is 2.19. The molecule has 0 spiro atoms. The molecule has 0 radical (unpaired) electrons. The van der Waals surface area contributed by atoms with Crippen molar-refractivity contribution in [3.05, 3.63) is 0 Å². The van der Waals surface area contributed by atoms with Gasteiger partial charge < -0.3 is 15.5 Å². The monoisotopic (exact) mass is 244 g/mol. The smallest absolute Gasteiger partial charge is 0.0768 e. The van der Waals surface area contributed by atoms with Crippen molar-refractivity contribution in [1.29, 1.82) is 0 Å². The van der Waals surface area contributed by atoms with E-state index in [2.05, 4.69) is 10.2 Å². The Morgan fingerprint density at radius 1 is 1.35 bits per heavy atom. The van der Waals surface area contributed by atoms with Gasteiger partial charge in [-0.15, -0.1) is 0 Å². The molecular formula is C13H28N2O2. The van der Waals surface area contributed by atoms with Crippen LogP contribution in [0.2, 0.25) is 0 Å². The SMILES string of the molecule is CCC(O)(CC)CN(CCO)CC1CCCN1. The van der Waals surface area contributed by atoms with Crippen LogP contribution in [0.1, 0.15) is 39.5 Å². The summed E-state index contributed by atoms with van der Waals surface area (Å²) >= 11 is 0. The third-order valence-corrected chi connectivity index (χ3v) is 3.89. The Bertz CT molecular complexity index is 202. The largest absolute Gasteiger partial charge is 0.395 e.